The molecule has 4 atom stereocenters. The smallest absolute Gasteiger partial charge is 0.179 e. The number of hydrogen-bond acceptors (Lipinski definition) is 6. The number of nitrogens with zero attached hydrogens (tertiary/aromatic N) is 3. The van der Waals surface area contributed by atoms with Crippen LogP contribution in [0.1, 0.15) is 11.8 Å². The first kappa shape index (κ1) is 11.0. The van der Waals surface area contributed by atoms with Crippen molar-refractivity contribution in [1.82, 2.24) is 9.78 Å². The Balaban J connectivity index is 2.20. The van der Waals surface area contributed by atoms with Crippen molar-refractivity contribution < 1.29 is 20.1 Å². The molecule has 3 N–H and O–H groups in total. The average molecular weight is 225 g/mol. The molecule has 1 aliphatic rings. The largest absolute Gasteiger partial charge is 0.394 e. The molecule has 1 aliphatic heterocycles. The fraction of sp³-hybridized carbons (Fsp3) is 0.556. The van der Waals surface area contributed by atoms with Gasteiger partial charge in [0.15, 0.2) is 6.23 Å². The minimum absolute atomic E-state index is 0.331. The van der Waals surface area contributed by atoms with Crippen molar-refractivity contribution in [3.63, 3.8) is 0 Å². The van der Waals surface area contributed by atoms with E-state index in [2.05, 4.69) is 5.10 Å². The average Bonchev–Trinajstić information content (AvgIpc) is 2.86. The van der Waals surface area contributed by atoms with Gasteiger partial charge in [-0.2, -0.15) is 10.4 Å². The summed E-state index contributed by atoms with van der Waals surface area (Å²) in [5, 5.41) is 40.5. The summed E-state index contributed by atoms with van der Waals surface area (Å²) in [6, 6.07) is 1.89. The van der Waals surface area contributed by atoms with Gasteiger partial charge in [-0.1, -0.05) is 0 Å². The van der Waals surface area contributed by atoms with Gasteiger partial charge in [0.2, 0.25) is 0 Å². The molecule has 16 heavy (non-hydrogen) atoms. The summed E-state index contributed by atoms with van der Waals surface area (Å²) < 4.78 is 6.47. The van der Waals surface area contributed by atoms with Crippen LogP contribution in [0.15, 0.2) is 12.4 Å². The van der Waals surface area contributed by atoms with Crippen LogP contribution in [0, 0.1) is 11.3 Å². The summed E-state index contributed by atoms with van der Waals surface area (Å²) in [4.78, 5) is 0. The van der Waals surface area contributed by atoms with E-state index >= 15 is 0 Å². The number of hydrogen-bond donors (Lipinski definition) is 3. The first-order chi connectivity index (χ1) is 7.67. The van der Waals surface area contributed by atoms with Gasteiger partial charge in [-0.15, -0.1) is 0 Å². The van der Waals surface area contributed by atoms with Crippen LogP contribution in [0.3, 0.4) is 0 Å². The molecule has 86 valence electrons. The highest BCUT2D eigenvalue weighted by Crippen LogP contribution is 2.28. The summed E-state index contributed by atoms with van der Waals surface area (Å²) in [6.45, 7) is -0.388. The number of rotatable bonds is 2. The second-order valence-electron chi connectivity index (χ2n) is 3.55. The molecular weight excluding hydrogens is 214 g/mol. The molecule has 0 radical (unpaired) electrons. The number of ether oxygens (including phenoxy) is 1. The molecule has 1 saturated heterocycles. The van der Waals surface area contributed by atoms with E-state index in [1.807, 2.05) is 6.07 Å². The van der Waals surface area contributed by atoms with Crippen molar-refractivity contribution >= 4 is 0 Å². The van der Waals surface area contributed by atoms with Crippen molar-refractivity contribution in [2.75, 3.05) is 6.61 Å². The third-order valence-corrected chi connectivity index (χ3v) is 2.51. The van der Waals surface area contributed by atoms with Crippen molar-refractivity contribution in [2.24, 2.45) is 0 Å². The summed E-state index contributed by atoms with van der Waals surface area (Å²) in [7, 11) is 0. The number of aromatic nitrogens is 2. The molecule has 0 unspecified atom stereocenters. The predicted molar refractivity (Wildman–Crippen MR) is 50.0 cm³/mol. The van der Waals surface area contributed by atoms with Crippen LogP contribution in [0.2, 0.25) is 0 Å². The maximum absolute atomic E-state index is 9.66. The van der Waals surface area contributed by atoms with Crippen LogP contribution in [0.4, 0.5) is 0 Å². The summed E-state index contributed by atoms with van der Waals surface area (Å²) >= 11 is 0. The molecule has 2 rings (SSSR count). The minimum Gasteiger partial charge on any atom is -0.394 e. The summed E-state index contributed by atoms with van der Waals surface area (Å²) in [6.07, 6.45) is -1.33. The van der Waals surface area contributed by atoms with Gasteiger partial charge in [-0.25, -0.2) is 4.68 Å². The fourth-order valence-electron chi connectivity index (χ4n) is 1.63. The van der Waals surface area contributed by atoms with Crippen molar-refractivity contribution in [2.45, 2.75) is 24.5 Å². The van der Waals surface area contributed by atoms with E-state index in [4.69, 9.17) is 15.1 Å². The van der Waals surface area contributed by atoms with Gasteiger partial charge in [0.1, 0.15) is 24.4 Å². The first-order valence-corrected chi connectivity index (χ1v) is 4.74. The molecule has 0 aliphatic carbocycles. The monoisotopic (exact) mass is 225 g/mol. The lowest BCUT2D eigenvalue weighted by Gasteiger charge is -2.14. The van der Waals surface area contributed by atoms with E-state index in [0.29, 0.717) is 5.56 Å². The van der Waals surface area contributed by atoms with Crippen LogP contribution < -0.4 is 0 Å². The molecule has 0 aromatic carbocycles. The van der Waals surface area contributed by atoms with Gasteiger partial charge in [0.05, 0.1) is 18.4 Å². The van der Waals surface area contributed by atoms with Gasteiger partial charge < -0.3 is 20.1 Å². The molecule has 1 fully saturated rings. The molecular formula is C9H11N3O4. The zero-order valence-electron chi connectivity index (χ0n) is 8.26. The standard InChI is InChI=1S/C9H11N3O4/c10-1-5-2-11-12(3-5)9-8(15)7(14)6(4-13)16-9/h2-3,6-9,13-15H,4H2/t6-,7-,8-,9-/m1/s1. The molecule has 0 saturated carbocycles. The second kappa shape index (κ2) is 4.19. The van der Waals surface area contributed by atoms with Crippen LogP contribution >= 0.6 is 0 Å². The van der Waals surface area contributed by atoms with E-state index in [0.717, 1.165) is 0 Å². The summed E-state index contributed by atoms with van der Waals surface area (Å²) in [5.74, 6) is 0. The minimum atomic E-state index is -1.18. The molecule has 0 bridgehead atoms. The summed E-state index contributed by atoms with van der Waals surface area (Å²) in [5.41, 5.74) is 0.331. The molecule has 1 aromatic heterocycles. The van der Waals surface area contributed by atoms with Crippen molar-refractivity contribution in [1.29, 1.82) is 5.26 Å². The maximum atomic E-state index is 9.66. The molecule has 0 spiro atoms. The van der Waals surface area contributed by atoms with Gasteiger partial charge in [0, 0.05) is 6.20 Å². The molecule has 7 nitrogen and oxygen atoms in total. The van der Waals surface area contributed by atoms with Gasteiger partial charge in [-0.05, 0) is 0 Å². The Bertz CT molecular complexity index is 413. The number of nitriles is 1. The quantitative estimate of drug-likeness (QED) is 0.557. The third kappa shape index (κ3) is 1.68. The van der Waals surface area contributed by atoms with Crippen LogP contribution in [-0.2, 0) is 4.74 Å². The Labute approximate surface area is 91.1 Å². The fourth-order valence-corrected chi connectivity index (χ4v) is 1.63. The van der Waals surface area contributed by atoms with Crippen molar-refractivity contribution in [3.8, 4) is 6.07 Å². The van der Waals surface area contributed by atoms with E-state index in [1.54, 1.807) is 0 Å². The highest BCUT2D eigenvalue weighted by atomic mass is 16.6. The Kier molecular flexibility index (Phi) is 2.89. The lowest BCUT2D eigenvalue weighted by Crippen LogP contribution is -2.33. The van der Waals surface area contributed by atoms with Crippen LogP contribution in [0.25, 0.3) is 0 Å². The maximum Gasteiger partial charge on any atom is 0.179 e. The Morgan fingerprint density at radius 3 is 2.75 bits per heavy atom. The van der Waals surface area contributed by atoms with Gasteiger partial charge in [0.25, 0.3) is 0 Å². The molecule has 2 heterocycles. The molecule has 0 amide bonds. The van der Waals surface area contributed by atoms with E-state index < -0.39 is 24.5 Å². The Morgan fingerprint density at radius 2 is 2.25 bits per heavy atom. The lowest BCUT2D eigenvalue weighted by molar-refractivity contribution is -0.0586. The first-order valence-electron chi connectivity index (χ1n) is 4.74. The Morgan fingerprint density at radius 1 is 1.50 bits per heavy atom. The van der Waals surface area contributed by atoms with Gasteiger partial charge >= 0.3 is 0 Å². The molecule has 1 aromatic rings. The second-order valence-corrected chi connectivity index (χ2v) is 3.55. The van der Waals surface area contributed by atoms with E-state index in [-0.39, 0.29) is 6.61 Å². The zero-order chi connectivity index (χ0) is 11.7. The third-order valence-electron chi connectivity index (χ3n) is 2.51. The van der Waals surface area contributed by atoms with Crippen LogP contribution in [-0.4, -0.2) is 50.0 Å². The topological polar surface area (TPSA) is 112 Å². The van der Waals surface area contributed by atoms with Crippen molar-refractivity contribution in [3.05, 3.63) is 18.0 Å². The lowest BCUT2D eigenvalue weighted by atomic mass is 10.1. The Hall–Kier alpha value is -1.46. The van der Waals surface area contributed by atoms with Crippen LogP contribution in [0.5, 0.6) is 0 Å². The van der Waals surface area contributed by atoms with Gasteiger partial charge in [-0.3, -0.25) is 0 Å². The highest BCUT2D eigenvalue weighted by molar-refractivity contribution is 5.21. The van der Waals surface area contributed by atoms with E-state index in [1.165, 1.54) is 17.1 Å². The number of aliphatic hydroxyl groups excluding tert-OH is 3. The van der Waals surface area contributed by atoms with E-state index in [9.17, 15) is 10.2 Å². The molecule has 7 heteroatoms. The zero-order valence-corrected chi connectivity index (χ0v) is 8.26. The number of aliphatic hydroxyl groups is 3. The predicted octanol–water partition coefficient (Wildman–Crippen LogP) is -1.63. The normalized spacial score (nSPS) is 33.9. The SMILES string of the molecule is N#Cc1cnn([C@@H]2O[C@H](CO)[C@@H](O)[C@H]2O)c1. The highest BCUT2D eigenvalue weighted by Gasteiger charge is 2.43.